The van der Waals surface area contributed by atoms with E-state index >= 15 is 0 Å². The topological polar surface area (TPSA) is 72.2 Å². The molecule has 0 bridgehead atoms. The number of carbonyl (C=O) groups excluding carboxylic acids is 1. The molecule has 0 aliphatic heterocycles. The van der Waals surface area contributed by atoms with Crippen LogP contribution in [0.5, 0.6) is 0 Å². The Hall–Kier alpha value is -1.43. The number of benzene rings is 1. The molecule has 1 atom stereocenters. The minimum absolute atomic E-state index is 0.0309. The molecule has 0 radical (unpaired) electrons. The Bertz CT molecular complexity index is 477. The highest BCUT2D eigenvalue weighted by Gasteiger charge is 2.15. The first-order chi connectivity index (χ1) is 8.95. The van der Waals surface area contributed by atoms with Crippen LogP contribution in [0.3, 0.4) is 0 Å². The SMILES string of the molecule is CCCC(Br)CNC(=O)c1ccc(C)c([N+](=O)[O-])c1. The van der Waals surface area contributed by atoms with Crippen molar-refractivity contribution in [2.24, 2.45) is 0 Å². The van der Waals surface area contributed by atoms with Crippen LogP contribution in [0.15, 0.2) is 18.2 Å². The van der Waals surface area contributed by atoms with Crippen molar-refractivity contribution in [3.05, 3.63) is 39.4 Å². The van der Waals surface area contributed by atoms with Crippen molar-refractivity contribution in [3.63, 3.8) is 0 Å². The predicted octanol–water partition coefficient (Wildman–Crippen LogP) is 3.20. The highest BCUT2D eigenvalue weighted by Crippen LogP contribution is 2.19. The van der Waals surface area contributed by atoms with Gasteiger partial charge in [0.25, 0.3) is 11.6 Å². The van der Waals surface area contributed by atoms with E-state index in [1.54, 1.807) is 19.1 Å². The van der Waals surface area contributed by atoms with Crippen LogP contribution in [-0.4, -0.2) is 22.2 Å². The Morgan fingerprint density at radius 2 is 2.21 bits per heavy atom. The molecule has 0 aliphatic rings. The summed E-state index contributed by atoms with van der Waals surface area (Å²) in [4.78, 5) is 22.4. The molecule has 1 amide bonds. The van der Waals surface area contributed by atoms with Gasteiger partial charge in [-0.25, -0.2) is 0 Å². The van der Waals surface area contributed by atoms with E-state index in [1.807, 2.05) is 0 Å². The predicted molar refractivity (Wildman–Crippen MR) is 77.8 cm³/mol. The monoisotopic (exact) mass is 328 g/mol. The lowest BCUT2D eigenvalue weighted by Crippen LogP contribution is -2.29. The van der Waals surface area contributed by atoms with Crippen LogP contribution in [0.25, 0.3) is 0 Å². The number of nitro groups is 1. The fourth-order valence-corrected chi connectivity index (χ4v) is 2.29. The summed E-state index contributed by atoms with van der Waals surface area (Å²) in [5.74, 6) is -0.288. The van der Waals surface area contributed by atoms with Crippen molar-refractivity contribution >= 4 is 27.5 Å². The molecular formula is C13H17BrN2O3. The van der Waals surface area contributed by atoms with Crippen LogP contribution in [-0.2, 0) is 0 Å². The number of hydrogen-bond acceptors (Lipinski definition) is 3. The summed E-state index contributed by atoms with van der Waals surface area (Å²) in [6.45, 7) is 4.23. The highest BCUT2D eigenvalue weighted by molar-refractivity contribution is 9.09. The van der Waals surface area contributed by atoms with E-state index in [1.165, 1.54) is 6.07 Å². The Morgan fingerprint density at radius 1 is 1.53 bits per heavy atom. The largest absolute Gasteiger partial charge is 0.351 e. The maximum atomic E-state index is 11.9. The van der Waals surface area contributed by atoms with Gasteiger partial charge in [0.1, 0.15) is 0 Å². The standard InChI is InChI=1S/C13H17BrN2O3/c1-3-4-11(14)8-15-13(17)10-6-5-9(2)12(7-10)16(18)19/h5-7,11H,3-4,8H2,1-2H3,(H,15,17). The fourth-order valence-electron chi connectivity index (χ4n) is 1.67. The molecular weight excluding hydrogens is 312 g/mol. The van der Waals surface area contributed by atoms with Gasteiger partial charge < -0.3 is 5.32 Å². The zero-order valence-electron chi connectivity index (χ0n) is 11.0. The summed E-state index contributed by atoms with van der Waals surface area (Å²) in [7, 11) is 0. The molecule has 0 heterocycles. The average molecular weight is 329 g/mol. The van der Waals surface area contributed by atoms with Crippen LogP contribution in [0, 0.1) is 17.0 Å². The van der Waals surface area contributed by atoms with Gasteiger partial charge in [0, 0.05) is 28.6 Å². The van der Waals surface area contributed by atoms with Gasteiger partial charge in [0.2, 0.25) is 0 Å². The third kappa shape index (κ3) is 4.63. The number of hydrogen-bond donors (Lipinski definition) is 1. The number of carbonyl (C=O) groups is 1. The number of amides is 1. The lowest BCUT2D eigenvalue weighted by molar-refractivity contribution is -0.385. The molecule has 0 saturated carbocycles. The summed E-state index contributed by atoms with van der Waals surface area (Å²) >= 11 is 3.47. The molecule has 0 fully saturated rings. The molecule has 19 heavy (non-hydrogen) atoms. The Labute approximate surface area is 120 Å². The van der Waals surface area contributed by atoms with Crippen molar-refractivity contribution in [3.8, 4) is 0 Å². The summed E-state index contributed by atoms with van der Waals surface area (Å²) in [5.41, 5.74) is 0.830. The Kier molecular flexibility index (Phi) is 5.95. The normalized spacial score (nSPS) is 11.9. The van der Waals surface area contributed by atoms with Gasteiger partial charge in [-0.2, -0.15) is 0 Å². The number of nitrogens with zero attached hydrogens (tertiary/aromatic N) is 1. The van der Waals surface area contributed by atoms with E-state index in [9.17, 15) is 14.9 Å². The van der Waals surface area contributed by atoms with Crippen LogP contribution >= 0.6 is 15.9 Å². The van der Waals surface area contributed by atoms with Crippen LogP contribution < -0.4 is 5.32 Å². The van der Waals surface area contributed by atoms with Gasteiger partial charge in [-0.1, -0.05) is 35.3 Å². The first-order valence-corrected chi connectivity index (χ1v) is 7.04. The minimum atomic E-state index is -0.476. The van der Waals surface area contributed by atoms with Gasteiger partial charge >= 0.3 is 0 Å². The van der Waals surface area contributed by atoms with Crippen LogP contribution in [0.2, 0.25) is 0 Å². The molecule has 1 unspecified atom stereocenters. The number of aryl methyl sites for hydroxylation is 1. The smallest absolute Gasteiger partial charge is 0.273 e. The maximum Gasteiger partial charge on any atom is 0.273 e. The van der Waals surface area contributed by atoms with E-state index in [0.29, 0.717) is 17.7 Å². The van der Waals surface area contributed by atoms with Crippen molar-refractivity contribution in [2.45, 2.75) is 31.5 Å². The molecule has 5 nitrogen and oxygen atoms in total. The molecule has 0 saturated heterocycles. The molecule has 104 valence electrons. The van der Waals surface area contributed by atoms with Gasteiger partial charge in [0.15, 0.2) is 0 Å². The minimum Gasteiger partial charge on any atom is -0.351 e. The van der Waals surface area contributed by atoms with Crippen molar-refractivity contribution in [1.29, 1.82) is 0 Å². The van der Waals surface area contributed by atoms with E-state index in [-0.39, 0.29) is 16.4 Å². The average Bonchev–Trinajstić information content (AvgIpc) is 2.36. The first-order valence-electron chi connectivity index (χ1n) is 6.13. The third-order valence-electron chi connectivity index (χ3n) is 2.75. The fraction of sp³-hybridized carbons (Fsp3) is 0.462. The van der Waals surface area contributed by atoms with E-state index in [0.717, 1.165) is 12.8 Å². The van der Waals surface area contributed by atoms with Gasteiger partial charge in [-0.15, -0.1) is 0 Å². The second-order valence-electron chi connectivity index (χ2n) is 4.35. The van der Waals surface area contributed by atoms with Crippen molar-refractivity contribution < 1.29 is 9.72 Å². The summed E-state index contributed by atoms with van der Waals surface area (Å²) in [6, 6.07) is 4.50. The molecule has 1 N–H and O–H groups in total. The molecule has 0 aliphatic carbocycles. The lowest BCUT2D eigenvalue weighted by atomic mass is 10.1. The molecule has 0 aromatic heterocycles. The number of nitrogens with one attached hydrogen (secondary N) is 1. The Morgan fingerprint density at radius 3 is 2.79 bits per heavy atom. The third-order valence-corrected chi connectivity index (χ3v) is 3.54. The molecule has 0 spiro atoms. The number of alkyl halides is 1. The highest BCUT2D eigenvalue weighted by atomic mass is 79.9. The van der Waals surface area contributed by atoms with E-state index < -0.39 is 4.92 Å². The lowest BCUT2D eigenvalue weighted by Gasteiger charge is -2.10. The molecule has 6 heteroatoms. The number of rotatable bonds is 6. The van der Waals surface area contributed by atoms with Crippen molar-refractivity contribution in [1.82, 2.24) is 5.32 Å². The van der Waals surface area contributed by atoms with Gasteiger partial charge in [0.05, 0.1) is 4.92 Å². The number of nitro benzene ring substituents is 1. The number of halogens is 1. The zero-order valence-corrected chi connectivity index (χ0v) is 12.6. The second kappa shape index (κ2) is 7.23. The quantitative estimate of drug-likeness (QED) is 0.495. The van der Waals surface area contributed by atoms with E-state index in [4.69, 9.17) is 0 Å². The van der Waals surface area contributed by atoms with Gasteiger partial charge in [-0.05, 0) is 19.4 Å². The van der Waals surface area contributed by atoms with Gasteiger partial charge in [-0.3, -0.25) is 14.9 Å². The first kappa shape index (κ1) is 15.6. The van der Waals surface area contributed by atoms with Crippen molar-refractivity contribution in [2.75, 3.05) is 6.54 Å². The summed E-state index contributed by atoms with van der Waals surface area (Å²) < 4.78 is 0. The zero-order chi connectivity index (χ0) is 14.4. The van der Waals surface area contributed by atoms with E-state index in [2.05, 4.69) is 28.2 Å². The molecule has 1 rings (SSSR count). The second-order valence-corrected chi connectivity index (χ2v) is 5.65. The molecule has 1 aromatic carbocycles. The Balaban J connectivity index is 2.72. The maximum absolute atomic E-state index is 11.9. The van der Waals surface area contributed by atoms with Crippen LogP contribution in [0.1, 0.15) is 35.7 Å². The summed E-state index contributed by atoms with van der Waals surface area (Å²) in [6.07, 6.45) is 2.00. The molecule has 1 aromatic rings. The summed E-state index contributed by atoms with van der Waals surface area (Å²) in [5, 5.41) is 13.6. The van der Waals surface area contributed by atoms with Crippen LogP contribution in [0.4, 0.5) is 5.69 Å².